The number of rotatable bonds is 4. The standard InChI is InChI=1S/C17H26BrN3/c1-20-13-6-7-14(20)12-21(10-8-13)11-9-17(19)15-4-2-3-5-16(15)18/h2-5,13-14,17H,6-12,19H2,1H3. The second-order valence-electron chi connectivity index (χ2n) is 6.56. The molecule has 2 aliphatic rings. The van der Waals surface area contributed by atoms with E-state index in [4.69, 9.17) is 5.73 Å². The van der Waals surface area contributed by atoms with Crippen LogP contribution in [0.5, 0.6) is 0 Å². The highest BCUT2D eigenvalue weighted by Crippen LogP contribution is 2.29. The number of fused-ring (bicyclic) bond motifs is 2. The maximum absolute atomic E-state index is 6.39. The van der Waals surface area contributed by atoms with Crippen LogP contribution in [-0.4, -0.2) is 48.6 Å². The minimum atomic E-state index is 0.124. The van der Waals surface area contributed by atoms with Gasteiger partial charge in [0.25, 0.3) is 0 Å². The minimum Gasteiger partial charge on any atom is -0.324 e. The second kappa shape index (κ2) is 6.78. The molecule has 2 heterocycles. The summed E-state index contributed by atoms with van der Waals surface area (Å²) in [6.45, 7) is 3.56. The number of likely N-dealkylation sites (N-methyl/N-ethyl adjacent to an activating group) is 1. The molecular weight excluding hydrogens is 326 g/mol. The SMILES string of the molecule is CN1C2CCC1CN(CCC(N)c1ccccc1Br)CC2. The van der Waals surface area contributed by atoms with Gasteiger partial charge in [-0.2, -0.15) is 0 Å². The quantitative estimate of drug-likeness (QED) is 0.904. The lowest BCUT2D eigenvalue weighted by atomic mass is 10.0. The molecule has 0 radical (unpaired) electrons. The largest absolute Gasteiger partial charge is 0.324 e. The first-order chi connectivity index (χ1) is 10.1. The van der Waals surface area contributed by atoms with E-state index >= 15 is 0 Å². The van der Waals surface area contributed by atoms with Gasteiger partial charge in [-0.3, -0.25) is 4.90 Å². The molecule has 116 valence electrons. The van der Waals surface area contributed by atoms with Crippen molar-refractivity contribution in [3.05, 3.63) is 34.3 Å². The van der Waals surface area contributed by atoms with Crippen molar-refractivity contribution in [2.75, 3.05) is 26.7 Å². The van der Waals surface area contributed by atoms with E-state index in [2.05, 4.69) is 51.0 Å². The van der Waals surface area contributed by atoms with Gasteiger partial charge in [0.05, 0.1) is 0 Å². The molecule has 2 aliphatic heterocycles. The molecule has 1 aromatic carbocycles. The maximum atomic E-state index is 6.39. The van der Waals surface area contributed by atoms with Crippen LogP contribution in [0.3, 0.4) is 0 Å². The molecule has 3 nitrogen and oxygen atoms in total. The van der Waals surface area contributed by atoms with E-state index in [0.29, 0.717) is 0 Å². The van der Waals surface area contributed by atoms with Crippen molar-refractivity contribution in [1.82, 2.24) is 9.80 Å². The monoisotopic (exact) mass is 351 g/mol. The zero-order valence-electron chi connectivity index (χ0n) is 12.8. The Morgan fingerprint density at radius 1 is 1.24 bits per heavy atom. The highest BCUT2D eigenvalue weighted by molar-refractivity contribution is 9.10. The fraction of sp³-hybridized carbons (Fsp3) is 0.647. The Labute approximate surface area is 136 Å². The van der Waals surface area contributed by atoms with Gasteiger partial charge in [-0.25, -0.2) is 0 Å². The van der Waals surface area contributed by atoms with E-state index < -0.39 is 0 Å². The molecule has 3 unspecified atom stereocenters. The Bertz CT molecular complexity index is 479. The summed E-state index contributed by atoms with van der Waals surface area (Å²) in [5, 5.41) is 0. The van der Waals surface area contributed by atoms with Crippen molar-refractivity contribution in [3.63, 3.8) is 0 Å². The van der Waals surface area contributed by atoms with Crippen molar-refractivity contribution in [2.45, 2.75) is 43.8 Å². The fourth-order valence-electron chi connectivity index (χ4n) is 3.84. The third-order valence-electron chi connectivity index (χ3n) is 5.29. The van der Waals surface area contributed by atoms with Crippen LogP contribution in [0.2, 0.25) is 0 Å². The van der Waals surface area contributed by atoms with E-state index in [1.807, 2.05) is 6.07 Å². The molecule has 0 saturated carbocycles. The molecule has 2 saturated heterocycles. The van der Waals surface area contributed by atoms with E-state index in [1.165, 1.54) is 37.9 Å². The predicted molar refractivity (Wildman–Crippen MR) is 91.3 cm³/mol. The molecule has 4 heteroatoms. The van der Waals surface area contributed by atoms with Gasteiger partial charge < -0.3 is 10.6 Å². The van der Waals surface area contributed by atoms with Crippen molar-refractivity contribution in [2.24, 2.45) is 5.73 Å². The number of hydrogen-bond donors (Lipinski definition) is 1. The number of nitrogens with zero attached hydrogens (tertiary/aromatic N) is 2. The van der Waals surface area contributed by atoms with Crippen LogP contribution in [0.4, 0.5) is 0 Å². The molecule has 3 atom stereocenters. The Morgan fingerprint density at radius 2 is 2.00 bits per heavy atom. The van der Waals surface area contributed by atoms with Crippen LogP contribution >= 0.6 is 15.9 Å². The van der Waals surface area contributed by atoms with Crippen LogP contribution in [0.1, 0.15) is 37.3 Å². The van der Waals surface area contributed by atoms with Gasteiger partial charge in [-0.15, -0.1) is 0 Å². The Kier molecular flexibility index (Phi) is 4.99. The highest BCUT2D eigenvalue weighted by atomic mass is 79.9. The van der Waals surface area contributed by atoms with E-state index in [0.717, 1.165) is 29.5 Å². The summed E-state index contributed by atoms with van der Waals surface area (Å²) in [5.74, 6) is 0. The van der Waals surface area contributed by atoms with Gasteiger partial charge in [0.2, 0.25) is 0 Å². The minimum absolute atomic E-state index is 0.124. The van der Waals surface area contributed by atoms with E-state index in [9.17, 15) is 0 Å². The molecule has 2 N–H and O–H groups in total. The Balaban J connectivity index is 1.54. The smallest absolute Gasteiger partial charge is 0.0318 e. The predicted octanol–water partition coefficient (Wildman–Crippen LogP) is 3.01. The first-order valence-electron chi connectivity index (χ1n) is 8.09. The van der Waals surface area contributed by atoms with Crippen molar-refractivity contribution >= 4 is 15.9 Å². The Morgan fingerprint density at radius 3 is 2.81 bits per heavy atom. The van der Waals surface area contributed by atoms with Crippen LogP contribution in [0.15, 0.2) is 28.7 Å². The summed E-state index contributed by atoms with van der Waals surface area (Å²) in [5.41, 5.74) is 7.62. The van der Waals surface area contributed by atoms with Gasteiger partial charge in [-0.05, 0) is 50.9 Å². The fourth-order valence-corrected chi connectivity index (χ4v) is 4.41. The van der Waals surface area contributed by atoms with E-state index in [-0.39, 0.29) is 6.04 Å². The molecule has 0 aliphatic carbocycles. The van der Waals surface area contributed by atoms with Crippen LogP contribution in [0.25, 0.3) is 0 Å². The van der Waals surface area contributed by atoms with Crippen molar-refractivity contribution < 1.29 is 0 Å². The summed E-state index contributed by atoms with van der Waals surface area (Å²) < 4.78 is 1.13. The van der Waals surface area contributed by atoms with Gasteiger partial charge in [0.15, 0.2) is 0 Å². The van der Waals surface area contributed by atoms with Crippen molar-refractivity contribution in [1.29, 1.82) is 0 Å². The lowest BCUT2D eigenvalue weighted by Crippen LogP contribution is -2.37. The van der Waals surface area contributed by atoms with Gasteiger partial charge in [0, 0.05) is 35.7 Å². The highest BCUT2D eigenvalue weighted by Gasteiger charge is 2.34. The van der Waals surface area contributed by atoms with Crippen LogP contribution < -0.4 is 5.73 Å². The average Bonchev–Trinajstić information content (AvgIpc) is 2.72. The maximum Gasteiger partial charge on any atom is 0.0318 e. The number of likely N-dealkylation sites (tertiary alicyclic amines) is 1. The number of benzene rings is 1. The van der Waals surface area contributed by atoms with Gasteiger partial charge in [-0.1, -0.05) is 34.1 Å². The third-order valence-corrected chi connectivity index (χ3v) is 6.02. The first kappa shape index (κ1) is 15.5. The summed E-state index contributed by atoms with van der Waals surface area (Å²) in [4.78, 5) is 5.23. The number of nitrogens with two attached hydrogens (primary N) is 1. The molecular formula is C17H26BrN3. The zero-order chi connectivity index (χ0) is 14.8. The van der Waals surface area contributed by atoms with Crippen LogP contribution in [0, 0.1) is 0 Å². The summed E-state index contributed by atoms with van der Waals surface area (Å²) >= 11 is 3.61. The van der Waals surface area contributed by atoms with E-state index in [1.54, 1.807) is 0 Å². The summed E-state index contributed by atoms with van der Waals surface area (Å²) in [6.07, 6.45) is 5.11. The van der Waals surface area contributed by atoms with Crippen molar-refractivity contribution in [3.8, 4) is 0 Å². The third kappa shape index (κ3) is 3.50. The van der Waals surface area contributed by atoms with Crippen LogP contribution in [-0.2, 0) is 0 Å². The molecule has 0 amide bonds. The molecule has 21 heavy (non-hydrogen) atoms. The molecule has 2 fully saturated rings. The lowest BCUT2D eigenvalue weighted by Gasteiger charge is -2.26. The molecule has 2 bridgehead atoms. The molecule has 0 aromatic heterocycles. The molecule has 1 aromatic rings. The normalized spacial score (nSPS) is 28.5. The zero-order valence-corrected chi connectivity index (χ0v) is 14.4. The summed E-state index contributed by atoms with van der Waals surface area (Å²) in [6, 6.07) is 10.0. The van der Waals surface area contributed by atoms with Gasteiger partial charge in [0.1, 0.15) is 0 Å². The number of hydrogen-bond acceptors (Lipinski definition) is 3. The average molecular weight is 352 g/mol. The Hall–Kier alpha value is -0.420. The first-order valence-corrected chi connectivity index (χ1v) is 8.88. The van der Waals surface area contributed by atoms with Gasteiger partial charge >= 0.3 is 0 Å². The molecule has 0 spiro atoms. The number of halogens is 1. The topological polar surface area (TPSA) is 32.5 Å². The molecule has 3 rings (SSSR count). The summed E-state index contributed by atoms with van der Waals surface area (Å²) in [7, 11) is 2.30. The lowest BCUT2D eigenvalue weighted by molar-refractivity contribution is 0.215. The second-order valence-corrected chi connectivity index (χ2v) is 7.41.